The van der Waals surface area contributed by atoms with Crippen LogP contribution in [0.2, 0.25) is 5.02 Å². The molecule has 9 nitrogen and oxygen atoms in total. The smallest absolute Gasteiger partial charge is 0.247 e. The highest BCUT2D eigenvalue weighted by Gasteiger charge is 2.40. The lowest BCUT2D eigenvalue weighted by Gasteiger charge is -2.40. The lowest BCUT2D eigenvalue weighted by atomic mass is 9.87. The van der Waals surface area contributed by atoms with Crippen LogP contribution in [0.3, 0.4) is 0 Å². The number of hydrogen-bond acceptors (Lipinski definition) is 7. The zero-order valence-corrected chi connectivity index (χ0v) is 25.5. The Hall–Kier alpha value is -2.64. The van der Waals surface area contributed by atoms with Crippen molar-refractivity contribution in [2.75, 3.05) is 20.3 Å². The predicted molar refractivity (Wildman–Crippen MR) is 160 cm³/mol. The highest BCUT2D eigenvalue weighted by atomic mass is 127. The van der Waals surface area contributed by atoms with Crippen molar-refractivity contribution in [3.05, 3.63) is 79.4 Å². The minimum atomic E-state index is -1.21. The van der Waals surface area contributed by atoms with Gasteiger partial charge >= 0.3 is 0 Å². The van der Waals surface area contributed by atoms with E-state index in [1.165, 1.54) is 24.2 Å². The van der Waals surface area contributed by atoms with Crippen molar-refractivity contribution in [2.45, 2.75) is 51.7 Å². The molecule has 216 valence electrons. The van der Waals surface area contributed by atoms with E-state index >= 15 is 0 Å². The average Bonchev–Trinajstić information content (AvgIpc) is 2.92. The molecule has 0 aliphatic heterocycles. The standard InChI is InChI=1S/C29H34ClIN2O7/c1-17(2)10-26(36)33(15-18-4-6-21(30)7-5-18)23-13-20(29(38)32-8-9-34)14-24(27(23)37)40-28-22(31)11-19(16-35)12-25(28)39-3/h4-7,10-12,14,23-24,27,34-35,37H,8-9,13,15-16H2,1-3H3,(H,32,38)/t23-,24+,27+/m1/s1. The minimum Gasteiger partial charge on any atom is -0.493 e. The van der Waals surface area contributed by atoms with Gasteiger partial charge < -0.3 is 35.0 Å². The molecule has 4 N–H and O–H groups in total. The van der Waals surface area contributed by atoms with Crippen LogP contribution >= 0.6 is 34.2 Å². The first-order valence-corrected chi connectivity index (χ1v) is 14.1. The fourth-order valence-corrected chi connectivity index (χ4v) is 5.29. The number of rotatable bonds is 11. The molecule has 3 rings (SSSR count). The number of carbonyl (C=O) groups is 2. The molecular weight excluding hydrogens is 651 g/mol. The Morgan fingerprint density at radius 3 is 2.48 bits per heavy atom. The Morgan fingerprint density at radius 1 is 1.18 bits per heavy atom. The third kappa shape index (κ3) is 8.20. The van der Waals surface area contributed by atoms with E-state index in [1.54, 1.807) is 50.2 Å². The molecule has 3 atom stereocenters. The lowest BCUT2D eigenvalue weighted by Crippen LogP contribution is -2.54. The van der Waals surface area contributed by atoms with Crippen LogP contribution in [0.5, 0.6) is 11.5 Å². The van der Waals surface area contributed by atoms with Gasteiger partial charge in [0.1, 0.15) is 12.2 Å². The van der Waals surface area contributed by atoms with Crippen LogP contribution in [0.4, 0.5) is 0 Å². The number of carbonyl (C=O) groups excluding carboxylic acids is 2. The zero-order valence-electron chi connectivity index (χ0n) is 22.6. The van der Waals surface area contributed by atoms with Gasteiger partial charge in [0.05, 0.1) is 29.9 Å². The lowest BCUT2D eigenvalue weighted by molar-refractivity contribution is -0.134. The molecule has 1 aliphatic rings. The number of amides is 2. The fourth-order valence-electron chi connectivity index (χ4n) is 4.37. The predicted octanol–water partition coefficient (Wildman–Crippen LogP) is 3.36. The highest BCUT2D eigenvalue weighted by Crippen LogP contribution is 2.37. The van der Waals surface area contributed by atoms with E-state index < -0.39 is 24.2 Å². The van der Waals surface area contributed by atoms with Crippen LogP contribution in [0, 0.1) is 3.57 Å². The van der Waals surface area contributed by atoms with Crippen LogP contribution in [0.25, 0.3) is 0 Å². The summed E-state index contributed by atoms with van der Waals surface area (Å²) in [6.07, 6.45) is 0.848. The van der Waals surface area contributed by atoms with Gasteiger partial charge in [0.15, 0.2) is 11.5 Å². The minimum absolute atomic E-state index is 0.0500. The summed E-state index contributed by atoms with van der Waals surface area (Å²) in [4.78, 5) is 28.0. The maximum absolute atomic E-state index is 13.5. The number of benzene rings is 2. The molecule has 2 aromatic rings. The van der Waals surface area contributed by atoms with Crippen LogP contribution in [-0.2, 0) is 22.7 Å². The van der Waals surface area contributed by atoms with Crippen molar-refractivity contribution in [3.8, 4) is 11.5 Å². The van der Waals surface area contributed by atoms with Crippen molar-refractivity contribution < 1.29 is 34.4 Å². The van der Waals surface area contributed by atoms with E-state index in [-0.39, 0.29) is 38.6 Å². The summed E-state index contributed by atoms with van der Waals surface area (Å²) in [5, 5.41) is 33.6. The summed E-state index contributed by atoms with van der Waals surface area (Å²) < 4.78 is 12.4. The van der Waals surface area contributed by atoms with E-state index in [2.05, 4.69) is 27.9 Å². The molecule has 0 radical (unpaired) electrons. The quantitative estimate of drug-likeness (QED) is 0.211. The first kappa shape index (κ1) is 31.9. The maximum Gasteiger partial charge on any atom is 0.247 e. The Balaban J connectivity index is 2.06. The van der Waals surface area contributed by atoms with Crippen LogP contribution in [0.15, 0.2) is 59.7 Å². The molecule has 0 aromatic heterocycles. The second-order valence-corrected chi connectivity index (χ2v) is 11.2. The first-order chi connectivity index (χ1) is 19.1. The van der Waals surface area contributed by atoms with Gasteiger partial charge in [-0.05, 0) is 77.9 Å². The molecule has 0 fully saturated rings. The summed E-state index contributed by atoms with van der Waals surface area (Å²) in [6.45, 7) is 3.39. The topological polar surface area (TPSA) is 129 Å². The van der Waals surface area contributed by atoms with Crippen LogP contribution in [0.1, 0.15) is 31.4 Å². The van der Waals surface area contributed by atoms with Gasteiger partial charge in [-0.15, -0.1) is 0 Å². The van der Waals surface area contributed by atoms with Crippen molar-refractivity contribution in [1.29, 1.82) is 0 Å². The van der Waals surface area contributed by atoms with Gasteiger partial charge in [-0.1, -0.05) is 29.3 Å². The summed E-state index contributed by atoms with van der Waals surface area (Å²) in [6, 6.07) is 9.58. The number of ether oxygens (including phenoxy) is 2. The Morgan fingerprint density at radius 2 is 1.88 bits per heavy atom. The third-order valence-corrected chi connectivity index (χ3v) is 7.36. The molecule has 0 heterocycles. The number of hydrogen-bond donors (Lipinski definition) is 4. The Kier molecular flexibility index (Phi) is 11.8. The summed E-state index contributed by atoms with van der Waals surface area (Å²) >= 11 is 8.11. The molecule has 40 heavy (non-hydrogen) atoms. The van der Waals surface area contributed by atoms with Gasteiger partial charge in [-0.25, -0.2) is 0 Å². The van der Waals surface area contributed by atoms with Crippen molar-refractivity contribution in [3.63, 3.8) is 0 Å². The SMILES string of the molecule is COc1cc(CO)cc(I)c1O[C@H]1C=C(C(=O)NCCO)C[C@@H](N(Cc2ccc(Cl)cc2)C(=O)C=C(C)C)[C@@H]1O. The number of aliphatic hydroxyl groups excluding tert-OH is 3. The molecule has 0 spiro atoms. The van der Waals surface area contributed by atoms with Gasteiger partial charge in [0.2, 0.25) is 11.8 Å². The van der Waals surface area contributed by atoms with E-state index in [0.29, 0.717) is 31.2 Å². The van der Waals surface area contributed by atoms with Crippen LogP contribution in [-0.4, -0.2) is 70.5 Å². The van der Waals surface area contributed by atoms with Crippen molar-refractivity contribution in [1.82, 2.24) is 10.2 Å². The Labute approximate surface area is 252 Å². The first-order valence-electron chi connectivity index (χ1n) is 12.7. The van der Waals surface area contributed by atoms with Gasteiger partial charge in [-0.2, -0.15) is 0 Å². The van der Waals surface area contributed by atoms with E-state index in [0.717, 1.165) is 11.1 Å². The van der Waals surface area contributed by atoms with Crippen LogP contribution < -0.4 is 14.8 Å². The molecule has 1 aliphatic carbocycles. The number of nitrogens with one attached hydrogen (secondary N) is 1. The number of aliphatic hydroxyl groups is 3. The number of methoxy groups -OCH3 is 1. The third-order valence-electron chi connectivity index (χ3n) is 6.30. The highest BCUT2D eigenvalue weighted by molar-refractivity contribution is 14.1. The van der Waals surface area contributed by atoms with Crippen molar-refractivity contribution in [2.24, 2.45) is 0 Å². The molecular formula is C29H34ClIN2O7. The molecule has 0 unspecified atom stereocenters. The van der Waals surface area contributed by atoms with Gasteiger partial charge in [0.25, 0.3) is 0 Å². The van der Waals surface area contributed by atoms with Gasteiger partial charge in [-0.3, -0.25) is 9.59 Å². The number of nitrogens with zero attached hydrogens (tertiary/aromatic N) is 1. The molecule has 11 heteroatoms. The van der Waals surface area contributed by atoms with E-state index in [4.69, 9.17) is 21.1 Å². The molecule has 0 saturated carbocycles. The average molecular weight is 685 g/mol. The van der Waals surface area contributed by atoms with E-state index in [9.17, 15) is 24.9 Å². The maximum atomic E-state index is 13.5. The second-order valence-electron chi connectivity index (χ2n) is 9.60. The van der Waals surface area contributed by atoms with Gasteiger partial charge in [0, 0.05) is 36.2 Å². The number of halogens is 2. The van der Waals surface area contributed by atoms with E-state index in [1.807, 2.05) is 0 Å². The second kappa shape index (κ2) is 14.8. The summed E-state index contributed by atoms with van der Waals surface area (Å²) in [5.74, 6) is -0.0768. The zero-order chi connectivity index (χ0) is 29.4. The van der Waals surface area contributed by atoms with Crippen molar-refractivity contribution >= 4 is 46.0 Å². The number of allylic oxidation sites excluding steroid dienone is 1. The fraction of sp³-hybridized carbons (Fsp3) is 0.379. The normalized spacial score (nSPS) is 18.4. The molecule has 2 aromatic carbocycles. The molecule has 2 amide bonds. The summed E-state index contributed by atoms with van der Waals surface area (Å²) in [7, 11) is 1.47. The summed E-state index contributed by atoms with van der Waals surface area (Å²) in [5.41, 5.74) is 2.50. The monoisotopic (exact) mass is 684 g/mol. The molecule has 0 saturated heterocycles. The Bertz CT molecular complexity index is 1260. The largest absolute Gasteiger partial charge is 0.493 e. The molecule has 0 bridgehead atoms.